The maximum Gasteiger partial charge on any atom is 1.00 e. The summed E-state index contributed by atoms with van der Waals surface area (Å²) in [6, 6.07) is 4.06. The summed E-state index contributed by atoms with van der Waals surface area (Å²) in [6.07, 6.45) is 0. The third-order valence-corrected chi connectivity index (χ3v) is 4.38. The van der Waals surface area contributed by atoms with E-state index in [4.69, 9.17) is 14.8 Å². The van der Waals surface area contributed by atoms with Crippen LogP contribution in [0.1, 0.15) is 2.85 Å². The Bertz CT molecular complexity index is 936. The summed E-state index contributed by atoms with van der Waals surface area (Å²) in [5, 5.41) is 9.81. The van der Waals surface area contributed by atoms with Gasteiger partial charge in [-0.1, -0.05) is 6.07 Å². The summed E-state index contributed by atoms with van der Waals surface area (Å²) < 4.78 is 62.1. The predicted octanol–water partition coefficient (Wildman–Crippen LogP) is -5.15. The van der Waals surface area contributed by atoms with Crippen LogP contribution in [0.3, 0.4) is 0 Å². The third kappa shape index (κ3) is 4.35. The summed E-state index contributed by atoms with van der Waals surface area (Å²) in [7, 11) is -9.22. The fraction of sp³-hybridized carbons (Fsp3) is 0. The second-order valence-electron chi connectivity index (χ2n) is 3.97. The summed E-state index contributed by atoms with van der Waals surface area (Å²) in [6.45, 7) is 0. The van der Waals surface area contributed by atoms with Gasteiger partial charge < -0.3 is 13.7 Å². The molecular formula is C10H11NNa2O7S2. The number of hydrogen-bond acceptors (Lipinski definition) is 6. The van der Waals surface area contributed by atoms with Crippen LogP contribution >= 0.6 is 0 Å². The first kappa shape index (κ1) is 22.1. The maximum absolute atomic E-state index is 11.1. The molecule has 2 rings (SSSR count). The van der Waals surface area contributed by atoms with Gasteiger partial charge in [-0.25, -0.2) is 0 Å². The van der Waals surface area contributed by atoms with Gasteiger partial charge >= 0.3 is 59.1 Å². The van der Waals surface area contributed by atoms with Gasteiger partial charge in [-0.3, -0.25) is 9.11 Å². The van der Waals surface area contributed by atoms with Crippen LogP contribution < -0.4 is 64.8 Å². The molecule has 2 aromatic rings. The van der Waals surface area contributed by atoms with Gasteiger partial charge in [0.15, 0.2) is 5.75 Å². The van der Waals surface area contributed by atoms with Crippen molar-refractivity contribution in [3.63, 3.8) is 0 Å². The van der Waals surface area contributed by atoms with Crippen LogP contribution in [0.15, 0.2) is 34.1 Å². The van der Waals surface area contributed by atoms with Crippen molar-refractivity contribution in [3.8, 4) is 5.75 Å². The zero-order chi connectivity index (χ0) is 15.3. The summed E-state index contributed by atoms with van der Waals surface area (Å²) in [5.41, 5.74) is 5.20. The Morgan fingerprint density at radius 1 is 0.955 bits per heavy atom. The molecule has 0 bridgehead atoms. The van der Waals surface area contributed by atoms with E-state index in [9.17, 15) is 21.9 Å². The van der Waals surface area contributed by atoms with Crippen molar-refractivity contribution >= 4 is 36.7 Å². The van der Waals surface area contributed by atoms with Crippen molar-refractivity contribution in [2.24, 2.45) is 0 Å². The molecule has 22 heavy (non-hydrogen) atoms. The fourth-order valence-corrected chi connectivity index (χ4v) is 2.88. The molecule has 12 heteroatoms. The molecule has 2 aromatic carbocycles. The molecular weight excluding hydrogens is 356 g/mol. The van der Waals surface area contributed by atoms with Gasteiger partial charge in [-0.05, 0) is 23.6 Å². The molecule has 0 aliphatic rings. The first-order chi connectivity index (χ1) is 9.01. The van der Waals surface area contributed by atoms with Gasteiger partial charge in [0.25, 0.3) is 20.2 Å². The number of nitrogen functional groups attached to an aromatic ring is 1. The van der Waals surface area contributed by atoms with E-state index in [1.54, 1.807) is 0 Å². The van der Waals surface area contributed by atoms with Crippen LogP contribution in [0.5, 0.6) is 5.75 Å². The van der Waals surface area contributed by atoms with Gasteiger partial charge in [0.2, 0.25) is 0 Å². The zero-order valence-corrected chi connectivity index (χ0v) is 17.3. The van der Waals surface area contributed by atoms with E-state index in [0.29, 0.717) is 0 Å². The predicted molar refractivity (Wildman–Crippen MR) is 71.9 cm³/mol. The van der Waals surface area contributed by atoms with Crippen LogP contribution in [0.4, 0.5) is 5.69 Å². The van der Waals surface area contributed by atoms with Crippen LogP contribution in [0.25, 0.3) is 10.8 Å². The summed E-state index contributed by atoms with van der Waals surface area (Å²) in [5.74, 6) is -0.834. The molecule has 0 unspecified atom stereocenters. The van der Waals surface area contributed by atoms with E-state index >= 15 is 0 Å². The number of phenolic OH excluding ortho intramolecular Hbond substituents is 1. The Morgan fingerprint density at radius 2 is 1.50 bits per heavy atom. The average molecular weight is 367 g/mol. The van der Waals surface area contributed by atoms with Gasteiger partial charge in [0.1, 0.15) is 4.90 Å². The van der Waals surface area contributed by atoms with E-state index in [0.717, 1.165) is 18.2 Å². The number of nitrogens with two attached hydrogens (primary N) is 1. The molecule has 5 N–H and O–H groups in total. The number of benzene rings is 2. The Kier molecular flexibility index (Phi) is 7.38. The molecule has 0 atom stereocenters. The van der Waals surface area contributed by atoms with Crippen molar-refractivity contribution in [2.45, 2.75) is 9.79 Å². The number of aromatic hydroxyl groups is 1. The average Bonchev–Trinajstić information content (AvgIpc) is 2.30. The van der Waals surface area contributed by atoms with Crippen LogP contribution in [-0.4, -0.2) is 31.0 Å². The zero-order valence-electron chi connectivity index (χ0n) is 13.7. The molecule has 0 heterocycles. The molecule has 0 radical (unpaired) electrons. The van der Waals surface area contributed by atoms with E-state index in [1.165, 1.54) is 6.07 Å². The minimum absolute atomic E-state index is 0. The smallest absolute Gasteiger partial charge is 1.00 e. The number of phenols is 1. The van der Waals surface area contributed by atoms with Gasteiger partial charge in [-0.2, -0.15) is 16.8 Å². The minimum atomic E-state index is -4.74. The van der Waals surface area contributed by atoms with Gasteiger partial charge in [-0.15, -0.1) is 0 Å². The Labute approximate surface area is 173 Å². The van der Waals surface area contributed by atoms with Crippen molar-refractivity contribution in [1.82, 2.24) is 0 Å². The number of anilines is 1. The second-order valence-corrected chi connectivity index (χ2v) is 6.78. The van der Waals surface area contributed by atoms with E-state index < -0.39 is 35.8 Å². The number of fused-ring (bicyclic) bond motifs is 1. The van der Waals surface area contributed by atoms with E-state index in [1.807, 2.05) is 0 Å². The number of hydrogen-bond donors (Lipinski definition) is 4. The molecule has 0 fully saturated rings. The van der Waals surface area contributed by atoms with E-state index in [2.05, 4.69) is 0 Å². The van der Waals surface area contributed by atoms with Crippen molar-refractivity contribution in [2.75, 3.05) is 5.73 Å². The molecule has 0 aliphatic heterocycles. The molecule has 0 saturated carbocycles. The quantitative estimate of drug-likeness (QED) is 0.178. The monoisotopic (exact) mass is 367 g/mol. The van der Waals surface area contributed by atoms with Crippen molar-refractivity contribution in [3.05, 3.63) is 24.3 Å². The minimum Gasteiger partial charge on any atom is -1.00 e. The topological polar surface area (TPSA) is 155 Å². The Morgan fingerprint density at radius 3 is 1.95 bits per heavy atom. The Balaban J connectivity index is -0.00000110. The SMILES string of the molecule is Nc1c(O)c(S(=O)(=O)O)cc2cc(S(=O)(=O)O)ccc12.[H-].[H-].[Na+].[Na+]. The second kappa shape index (κ2) is 7.34. The summed E-state index contributed by atoms with van der Waals surface area (Å²) in [4.78, 5) is -1.33. The van der Waals surface area contributed by atoms with E-state index in [-0.39, 0.29) is 78.4 Å². The third-order valence-electron chi connectivity index (χ3n) is 2.66. The van der Waals surface area contributed by atoms with Crippen molar-refractivity contribution < 1.29 is 93.0 Å². The van der Waals surface area contributed by atoms with Gasteiger partial charge in [0.05, 0.1) is 10.6 Å². The molecule has 0 amide bonds. The standard InChI is InChI=1S/C10H9NO7S2.2Na.2H/c11-9-7-2-1-6(19(13,14)15)3-5(7)4-8(10(9)12)20(16,17)18;;;;/h1-4,12H,11H2,(H,13,14,15)(H,16,17,18);;;;/q;2*+1;2*-1. The molecule has 0 saturated heterocycles. The molecule has 0 aromatic heterocycles. The molecule has 0 spiro atoms. The molecule has 0 aliphatic carbocycles. The van der Waals surface area contributed by atoms with Crippen molar-refractivity contribution in [1.29, 1.82) is 0 Å². The maximum atomic E-state index is 11.1. The van der Waals surface area contributed by atoms with Crippen LogP contribution in [0.2, 0.25) is 0 Å². The molecule has 8 nitrogen and oxygen atoms in total. The van der Waals surface area contributed by atoms with Gasteiger partial charge in [0, 0.05) is 5.39 Å². The summed E-state index contributed by atoms with van der Waals surface area (Å²) >= 11 is 0. The molecule has 112 valence electrons. The number of rotatable bonds is 2. The van der Waals surface area contributed by atoms with Crippen LogP contribution in [-0.2, 0) is 20.2 Å². The normalized spacial score (nSPS) is 11.5. The van der Waals surface area contributed by atoms with Crippen LogP contribution in [0, 0.1) is 0 Å². The first-order valence-corrected chi connectivity index (χ1v) is 7.90. The first-order valence-electron chi connectivity index (χ1n) is 5.02. The Hall–Kier alpha value is 0.120. The largest absolute Gasteiger partial charge is 1.00 e. The fourth-order valence-electron chi connectivity index (χ4n) is 1.73.